The van der Waals surface area contributed by atoms with Gasteiger partial charge in [0, 0.05) is 25.1 Å². The highest BCUT2D eigenvalue weighted by Crippen LogP contribution is 2.17. The fraction of sp³-hybridized carbons (Fsp3) is 0.417. The fourth-order valence-electron chi connectivity index (χ4n) is 1.81. The third-order valence-corrected chi connectivity index (χ3v) is 2.69. The van der Waals surface area contributed by atoms with E-state index < -0.39 is 0 Å². The average Bonchev–Trinajstić information content (AvgIpc) is 2.81. The maximum atomic E-state index is 4.37. The highest BCUT2D eigenvalue weighted by atomic mass is 15.3. The molecule has 2 rings (SSSR count). The molecule has 17 heavy (non-hydrogen) atoms. The molecule has 1 N–H and O–H groups in total. The van der Waals surface area contributed by atoms with Crippen molar-refractivity contribution in [3.8, 4) is 0 Å². The predicted octanol–water partition coefficient (Wildman–Crippen LogP) is 1.31. The van der Waals surface area contributed by atoms with Crippen molar-refractivity contribution in [2.24, 2.45) is 0 Å². The van der Waals surface area contributed by atoms with Crippen LogP contribution in [0.2, 0.25) is 0 Å². The quantitative estimate of drug-likeness (QED) is 0.862. The molecule has 0 aliphatic rings. The number of hydrogen-bond acceptors (Lipinski definition) is 4. The minimum Gasteiger partial charge on any atom is -0.305 e. The highest BCUT2D eigenvalue weighted by Gasteiger charge is 2.18. The number of aromatic nitrogens is 4. The summed E-state index contributed by atoms with van der Waals surface area (Å²) in [6.07, 6.45) is 5.47. The Labute approximate surface area is 101 Å². The zero-order chi connectivity index (χ0) is 12.3. The van der Waals surface area contributed by atoms with Crippen molar-refractivity contribution < 1.29 is 0 Å². The lowest BCUT2D eigenvalue weighted by Crippen LogP contribution is -2.23. The van der Waals surface area contributed by atoms with E-state index in [2.05, 4.69) is 27.3 Å². The van der Waals surface area contributed by atoms with E-state index in [1.165, 1.54) is 0 Å². The van der Waals surface area contributed by atoms with Crippen LogP contribution in [0.4, 0.5) is 0 Å². The summed E-state index contributed by atoms with van der Waals surface area (Å²) < 4.78 is 1.95. The van der Waals surface area contributed by atoms with Gasteiger partial charge in [-0.15, -0.1) is 0 Å². The van der Waals surface area contributed by atoms with E-state index in [0.717, 1.165) is 23.6 Å². The summed E-state index contributed by atoms with van der Waals surface area (Å²) in [6.45, 7) is 4.89. The molecule has 0 amide bonds. The lowest BCUT2D eigenvalue weighted by atomic mass is 10.2. The molecule has 5 nitrogen and oxygen atoms in total. The second kappa shape index (κ2) is 5.05. The molecule has 0 bridgehead atoms. The minimum atomic E-state index is -0.0157. The van der Waals surface area contributed by atoms with Gasteiger partial charge in [-0.2, -0.15) is 5.10 Å². The van der Waals surface area contributed by atoms with Crippen LogP contribution in [-0.2, 0) is 6.54 Å². The van der Waals surface area contributed by atoms with E-state index in [1.54, 1.807) is 6.20 Å². The first kappa shape index (κ1) is 11.7. The molecule has 0 aromatic carbocycles. The van der Waals surface area contributed by atoms with E-state index in [9.17, 15) is 0 Å². The molecule has 0 saturated carbocycles. The Kier molecular flexibility index (Phi) is 3.49. The van der Waals surface area contributed by atoms with Crippen LogP contribution in [0, 0.1) is 6.92 Å². The first-order chi connectivity index (χ1) is 8.26. The van der Waals surface area contributed by atoms with Gasteiger partial charge in [-0.3, -0.25) is 4.68 Å². The minimum absolute atomic E-state index is 0.0157. The highest BCUT2D eigenvalue weighted by molar-refractivity contribution is 5.17. The second-order valence-corrected chi connectivity index (χ2v) is 3.91. The molecule has 1 atom stereocenters. The van der Waals surface area contributed by atoms with Crippen LogP contribution in [0.15, 0.2) is 24.7 Å². The summed E-state index contributed by atoms with van der Waals surface area (Å²) in [4.78, 5) is 8.73. The van der Waals surface area contributed by atoms with Gasteiger partial charge in [-0.25, -0.2) is 9.97 Å². The van der Waals surface area contributed by atoms with E-state index in [-0.39, 0.29) is 6.04 Å². The molecule has 0 aliphatic heterocycles. The summed E-state index contributed by atoms with van der Waals surface area (Å²) in [7, 11) is 1.90. The maximum absolute atomic E-state index is 4.37. The normalized spacial score (nSPS) is 12.6. The standard InChI is InChI=1S/C12H17N5/c1-4-17-10(5-6-16-17)11(13-3)12-14-7-9(2)8-15-12/h5-8,11,13H,4H2,1-3H3. The Bertz CT molecular complexity index is 474. The van der Waals surface area contributed by atoms with E-state index in [0.29, 0.717) is 0 Å². The average molecular weight is 231 g/mol. The zero-order valence-electron chi connectivity index (χ0n) is 10.4. The van der Waals surface area contributed by atoms with Crippen LogP contribution in [0.1, 0.15) is 30.0 Å². The van der Waals surface area contributed by atoms with Crippen molar-refractivity contribution >= 4 is 0 Å². The lowest BCUT2D eigenvalue weighted by Gasteiger charge is -2.16. The van der Waals surface area contributed by atoms with Crippen LogP contribution < -0.4 is 5.32 Å². The molecular formula is C12H17N5. The molecule has 5 heteroatoms. The molecule has 0 radical (unpaired) electrons. The number of rotatable bonds is 4. The topological polar surface area (TPSA) is 55.6 Å². The Morgan fingerprint density at radius 1 is 1.35 bits per heavy atom. The van der Waals surface area contributed by atoms with Crippen LogP contribution in [-0.4, -0.2) is 26.8 Å². The number of aryl methyl sites for hydroxylation is 2. The first-order valence-electron chi connectivity index (χ1n) is 5.73. The van der Waals surface area contributed by atoms with Gasteiger partial charge in [0.25, 0.3) is 0 Å². The second-order valence-electron chi connectivity index (χ2n) is 3.91. The van der Waals surface area contributed by atoms with Crippen molar-refractivity contribution in [2.75, 3.05) is 7.05 Å². The van der Waals surface area contributed by atoms with Crippen molar-refractivity contribution in [1.82, 2.24) is 25.1 Å². The van der Waals surface area contributed by atoms with Crippen molar-refractivity contribution in [1.29, 1.82) is 0 Å². The van der Waals surface area contributed by atoms with Gasteiger partial charge in [0.1, 0.15) is 6.04 Å². The van der Waals surface area contributed by atoms with E-state index in [1.807, 2.05) is 37.1 Å². The fourth-order valence-corrected chi connectivity index (χ4v) is 1.81. The van der Waals surface area contributed by atoms with Gasteiger partial charge in [0.2, 0.25) is 0 Å². The monoisotopic (exact) mass is 231 g/mol. The smallest absolute Gasteiger partial charge is 0.151 e. The Morgan fingerprint density at radius 3 is 2.65 bits per heavy atom. The third kappa shape index (κ3) is 2.34. The maximum Gasteiger partial charge on any atom is 0.151 e. The molecule has 90 valence electrons. The van der Waals surface area contributed by atoms with Gasteiger partial charge in [0.15, 0.2) is 5.82 Å². The Balaban J connectivity index is 2.36. The summed E-state index contributed by atoms with van der Waals surface area (Å²) in [5, 5.41) is 7.50. The summed E-state index contributed by atoms with van der Waals surface area (Å²) in [6, 6.07) is 1.98. The zero-order valence-corrected chi connectivity index (χ0v) is 10.4. The van der Waals surface area contributed by atoms with E-state index >= 15 is 0 Å². The largest absolute Gasteiger partial charge is 0.305 e. The summed E-state index contributed by atoms with van der Waals surface area (Å²) >= 11 is 0. The molecule has 2 heterocycles. The predicted molar refractivity (Wildman–Crippen MR) is 65.6 cm³/mol. The van der Waals surface area contributed by atoms with Crippen LogP contribution in [0.3, 0.4) is 0 Å². The molecule has 1 unspecified atom stereocenters. The van der Waals surface area contributed by atoms with Crippen LogP contribution in [0.25, 0.3) is 0 Å². The van der Waals surface area contributed by atoms with E-state index in [4.69, 9.17) is 0 Å². The molecule has 2 aromatic rings. The third-order valence-electron chi connectivity index (χ3n) is 2.69. The van der Waals surface area contributed by atoms with Gasteiger partial charge >= 0.3 is 0 Å². The summed E-state index contributed by atoms with van der Waals surface area (Å²) in [5.41, 5.74) is 2.14. The van der Waals surface area contributed by atoms with Crippen molar-refractivity contribution in [2.45, 2.75) is 26.4 Å². The molecule has 2 aromatic heterocycles. The molecular weight excluding hydrogens is 214 g/mol. The van der Waals surface area contributed by atoms with Crippen molar-refractivity contribution in [3.05, 3.63) is 41.7 Å². The van der Waals surface area contributed by atoms with Gasteiger partial charge in [-0.1, -0.05) is 0 Å². The van der Waals surface area contributed by atoms with Crippen LogP contribution in [0.5, 0.6) is 0 Å². The number of nitrogens with zero attached hydrogens (tertiary/aromatic N) is 4. The van der Waals surface area contributed by atoms with Gasteiger partial charge in [0.05, 0.1) is 5.69 Å². The van der Waals surface area contributed by atoms with Gasteiger partial charge in [-0.05, 0) is 32.5 Å². The summed E-state index contributed by atoms with van der Waals surface area (Å²) in [5.74, 6) is 0.772. The SMILES string of the molecule is CCn1nccc1C(NC)c1ncc(C)cn1. The molecule has 0 fully saturated rings. The number of hydrogen-bond donors (Lipinski definition) is 1. The molecule has 0 spiro atoms. The first-order valence-corrected chi connectivity index (χ1v) is 5.73. The molecule has 0 saturated heterocycles. The van der Waals surface area contributed by atoms with Crippen molar-refractivity contribution in [3.63, 3.8) is 0 Å². The lowest BCUT2D eigenvalue weighted by molar-refractivity contribution is 0.546. The Hall–Kier alpha value is -1.75. The number of nitrogens with one attached hydrogen (secondary N) is 1. The van der Waals surface area contributed by atoms with Gasteiger partial charge < -0.3 is 5.32 Å². The molecule has 0 aliphatic carbocycles. The Morgan fingerprint density at radius 2 is 2.06 bits per heavy atom. The van der Waals surface area contributed by atoms with Crippen LogP contribution >= 0.6 is 0 Å².